The quantitative estimate of drug-likeness (QED) is 0.790. The maximum atomic E-state index is 10.4. The van der Waals surface area contributed by atoms with Crippen molar-refractivity contribution in [3.05, 3.63) is 57.7 Å². The van der Waals surface area contributed by atoms with E-state index < -0.39 is 6.10 Å². The molecule has 3 heteroatoms. The average Bonchev–Trinajstić information content (AvgIpc) is 2.63. The highest BCUT2D eigenvalue weighted by atomic mass is 79.9. The van der Waals surface area contributed by atoms with Gasteiger partial charge in [-0.15, -0.1) is 0 Å². The lowest BCUT2D eigenvalue weighted by molar-refractivity contribution is 0.134. The molecule has 0 saturated heterocycles. The van der Waals surface area contributed by atoms with Gasteiger partial charge < -0.3 is 5.11 Å². The average molecular weight is 290 g/mol. The van der Waals surface area contributed by atoms with Gasteiger partial charge in [0, 0.05) is 22.0 Å². The number of allylic oxidation sites excluding steroid dienone is 3. The number of benzene rings is 1. The summed E-state index contributed by atoms with van der Waals surface area (Å²) in [7, 11) is 0. The summed E-state index contributed by atoms with van der Waals surface area (Å²) in [5.41, 5.74) is 3.06. The summed E-state index contributed by atoms with van der Waals surface area (Å²) in [6, 6.07) is 6.08. The summed E-state index contributed by atoms with van der Waals surface area (Å²) in [5.74, 6) is 0.236. The lowest BCUT2D eigenvalue weighted by Crippen LogP contribution is -2.14. The molecule has 3 unspecified atom stereocenters. The number of hydrogen-bond acceptors (Lipinski definition) is 2. The van der Waals surface area contributed by atoms with Crippen LogP contribution < -0.4 is 0 Å². The minimum absolute atomic E-state index is 0.0156. The van der Waals surface area contributed by atoms with E-state index in [1.54, 1.807) is 0 Å². The number of aliphatic hydroxyl groups excluding tert-OH is 1. The van der Waals surface area contributed by atoms with E-state index in [0.29, 0.717) is 0 Å². The molecule has 3 atom stereocenters. The second-order valence-electron chi connectivity index (χ2n) is 4.40. The number of rotatable bonds is 1. The molecule has 0 fully saturated rings. The van der Waals surface area contributed by atoms with Crippen LogP contribution in [0.3, 0.4) is 0 Å². The number of fused-ring (bicyclic) bond motifs is 3. The first-order chi connectivity index (χ1) is 8.22. The molecule has 2 nitrogen and oxygen atoms in total. The van der Waals surface area contributed by atoms with Crippen molar-refractivity contribution in [1.29, 1.82) is 0 Å². The van der Waals surface area contributed by atoms with Crippen molar-refractivity contribution in [2.45, 2.75) is 12.0 Å². The van der Waals surface area contributed by atoms with Crippen molar-refractivity contribution >= 4 is 22.6 Å². The molecule has 1 aromatic rings. The summed E-state index contributed by atoms with van der Waals surface area (Å²) in [4.78, 5) is 4.03. The maximum absolute atomic E-state index is 10.4. The van der Waals surface area contributed by atoms with Crippen molar-refractivity contribution in [3.8, 4) is 0 Å². The second kappa shape index (κ2) is 3.93. The SMILES string of the molecule is C=NC1=CC=CC2c3ccc(Br)cc3C(O)C12. The molecule has 86 valence electrons. The molecular weight excluding hydrogens is 278 g/mol. The van der Waals surface area contributed by atoms with Gasteiger partial charge in [-0.25, -0.2) is 0 Å². The van der Waals surface area contributed by atoms with Gasteiger partial charge in [0.05, 0.1) is 6.10 Å². The van der Waals surface area contributed by atoms with Gasteiger partial charge in [0.25, 0.3) is 0 Å². The van der Waals surface area contributed by atoms with Gasteiger partial charge in [0.15, 0.2) is 0 Å². The molecule has 2 aliphatic carbocycles. The third kappa shape index (κ3) is 1.53. The first-order valence-corrected chi connectivity index (χ1v) is 6.34. The van der Waals surface area contributed by atoms with E-state index in [1.807, 2.05) is 24.3 Å². The fraction of sp³-hybridized carbons (Fsp3) is 0.214. The van der Waals surface area contributed by atoms with Crippen LogP contribution in [0.5, 0.6) is 0 Å². The molecule has 0 heterocycles. The van der Waals surface area contributed by atoms with Gasteiger partial charge in [-0.2, -0.15) is 0 Å². The van der Waals surface area contributed by atoms with Gasteiger partial charge in [-0.1, -0.05) is 34.1 Å². The van der Waals surface area contributed by atoms with Crippen molar-refractivity contribution in [2.75, 3.05) is 0 Å². The van der Waals surface area contributed by atoms with Gasteiger partial charge in [-0.05, 0) is 36.1 Å². The number of aliphatic hydroxyl groups is 1. The maximum Gasteiger partial charge on any atom is 0.0885 e. The molecule has 0 aromatic heterocycles. The fourth-order valence-electron chi connectivity index (χ4n) is 2.80. The summed E-state index contributed by atoms with van der Waals surface area (Å²) in [6.07, 6.45) is 5.56. The van der Waals surface area contributed by atoms with E-state index in [2.05, 4.69) is 39.8 Å². The van der Waals surface area contributed by atoms with Crippen LogP contribution in [0.2, 0.25) is 0 Å². The molecule has 0 bridgehead atoms. The molecule has 2 aliphatic rings. The van der Waals surface area contributed by atoms with Crippen molar-refractivity contribution < 1.29 is 5.11 Å². The van der Waals surface area contributed by atoms with E-state index >= 15 is 0 Å². The smallest absolute Gasteiger partial charge is 0.0885 e. The van der Waals surface area contributed by atoms with Crippen molar-refractivity contribution in [1.82, 2.24) is 0 Å². The minimum atomic E-state index is -0.491. The number of halogens is 1. The van der Waals surface area contributed by atoms with Gasteiger partial charge in [0.1, 0.15) is 0 Å². The number of nitrogens with zero attached hydrogens (tertiary/aromatic N) is 1. The lowest BCUT2D eigenvalue weighted by atomic mass is 9.85. The van der Waals surface area contributed by atoms with E-state index in [4.69, 9.17) is 0 Å². The molecule has 0 radical (unpaired) electrons. The monoisotopic (exact) mass is 289 g/mol. The van der Waals surface area contributed by atoms with E-state index in [0.717, 1.165) is 15.7 Å². The summed E-state index contributed by atoms with van der Waals surface area (Å²) >= 11 is 3.44. The fourth-order valence-corrected chi connectivity index (χ4v) is 3.18. The predicted octanol–water partition coefficient (Wildman–Crippen LogP) is 3.35. The Labute approximate surface area is 109 Å². The van der Waals surface area contributed by atoms with E-state index in [1.165, 1.54) is 5.56 Å². The summed E-state index contributed by atoms with van der Waals surface area (Å²) in [6.45, 7) is 3.59. The molecule has 0 spiro atoms. The molecule has 0 aliphatic heterocycles. The third-order valence-electron chi connectivity index (χ3n) is 3.56. The molecular formula is C14H12BrNO. The third-order valence-corrected chi connectivity index (χ3v) is 4.06. The van der Waals surface area contributed by atoms with Gasteiger partial charge in [0.2, 0.25) is 0 Å². The Hall–Kier alpha value is -1.19. The van der Waals surface area contributed by atoms with Gasteiger partial charge >= 0.3 is 0 Å². The standard InChI is InChI=1S/C14H12BrNO/c1-16-12-4-2-3-10-9-6-5-8(15)7-11(9)14(17)13(10)12/h2-7,10,13-14,17H,1H2. The predicted molar refractivity (Wildman–Crippen MR) is 72.1 cm³/mol. The zero-order valence-corrected chi connectivity index (χ0v) is 10.8. The van der Waals surface area contributed by atoms with Crippen molar-refractivity contribution in [3.63, 3.8) is 0 Å². The normalized spacial score (nSPS) is 29.5. The molecule has 1 aromatic carbocycles. The first kappa shape index (κ1) is 10.9. The first-order valence-electron chi connectivity index (χ1n) is 5.55. The van der Waals surface area contributed by atoms with Crippen LogP contribution in [0.25, 0.3) is 0 Å². The largest absolute Gasteiger partial charge is 0.388 e. The molecule has 17 heavy (non-hydrogen) atoms. The van der Waals surface area contributed by atoms with Crippen LogP contribution in [0.1, 0.15) is 23.1 Å². The van der Waals surface area contributed by atoms with Crippen LogP contribution in [0, 0.1) is 5.92 Å². The molecule has 0 saturated carbocycles. The van der Waals surface area contributed by atoms with Crippen molar-refractivity contribution in [2.24, 2.45) is 10.9 Å². The Balaban J connectivity index is 2.15. The van der Waals surface area contributed by atoms with Crippen LogP contribution >= 0.6 is 15.9 Å². The summed E-state index contributed by atoms with van der Waals surface area (Å²) < 4.78 is 0.995. The number of aliphatic imine (C=N–C) groups is 1. The second-order valence-corrected chi connectivity index (χ2v) is 5.32. The number of hydrogen-bond donors (Lipinski definition) is 1. The van der Waals surface area contributed by atoms with Gasteiger partial charge in [-0.3, -0.25) is 4.99 Å². The van der Waals surface area contributed by atoms with E-state index in [-0.39, 0.29) is 11.8 Å². The lowest BCUT2D eigenvalue weighted by Gasteiger charge is -2.23. The molecule has 0 amide bonds. The Morgan fingerprint density at radius 3 is 2.88 bits per heavy atom. The topological polar surface area (TPSA) is 32.6 Å². The highest BCUT2D eigenvalue weighted by Crippen LogP contribution is 2.51. The Morgan fingerprint density at radius 2 is 2.12 bits per heavy atom. The Bertz CT molecular complexity index is 547. The highest BCUT2D eigenvalue weighted by molar-refractivity contribution is 9.10. The highest BCUT2D eigenvalue weighted by Gasteiger charge is 2.41. The van der Waals surface area contributed by atoms with Crippen LogP contribution in [0.15, 0.2) is 51.6 Å². The zero-order chi connectivity index (χ0) is 12.0. The molecule has 3 rings (SSSR count). The van der Waals surface area contributed by atoms with Crippen LogP contribution in [-0.4, -0.2) is 11.8 Å². The zero-order valence-electron chi connectivity index (χ0n) is 9.18. The Kier molecular flexibility index (Phi) is 2.53. The van der Waals surface area contributed by atoms with Crippen LogP contribution in [-0.2, 0) is 0 Å². The molecule has 1 N–H and O–H groups in total. The van der Waals surface area contributed by atoms with Crippen LogP contribution in [0.4, 0.5) is 0 Å². The summed E-state index contributed by atoms with van der Waals surface area (Å²) in [5, 5.41) is 10.4. The Morgan fingerprint density at radius 1 is 1.29 bits per heavy atom. The minimum Gasteiger partial charge on any atom is -0.388 e. The van der Waals surface area contributed by atoms with E-state index in [9.17, 15) is 5.11 Å².